The summed E-state index contributed by atoms with van der Waals surface area (Å²) in [7, 11) is 1.61. The molecule has 224 valence electrons. The van der Waals surface area contributed by atoms with Crippen LogP contribution in [0.5, 0.6) is 5.75 Å². The van der Waals surface area contributed by atoms with Gasteiger partial charge in [0, 0.05) is 85.4 Å². The summed E-state index contributed by atoms with van der Waals surface area (Å²) < 4.78 is 28.8. The largest absolute Gasteiger partial charge is 0.490 e. The van der Waals surface area contributed by atoms with E-state index in [1.54, 1.807) is 29.4 Å². The van der Waals surface area contributed by atoms with E-state index in [1.165, 1.54) is 18.2 Å². The molecule has 3 aliphatic heterocycles. The van der Waals surface area contributed by atoms with Crippen LogP contribution in [0.3, 0.4) is 0 Å². The molecule has 3 saturated heterocycles. The Labute approximate surface area is 253 Å². The molecule has 7 rings (SSSR count). The summed E-state index contributed by atoms with van der Waals surface area (Å²) in [4.78, 5) is 21.6. The average Bonchev–Trinajstić information content (AvgIpc) is 3.66. The molecule has 1 spiro atoms. The molecule has 1 amide bonds. The Bertz CT molecular complexity index is 1660. The summed E-state index contributed by atoms with van der Waals surface area (Å²) in [6.45, 7) is 9.55. The zero-order valence-electron chi connectivity index (χ0n) is 24.2. The second kappa shape index (κ2) is 11.4. The number of pyridine rings is 1. The number of nitrogens with one attached hydrogen (secondary N) is 1. The number of fused-ring (bicyclic) bond motifs is 1. The van der Waals surface area contributed by atoms with Gasteiger partial charge in [-0.25, -0.2) is 9.37 Å². The van der Waals surface area contributed by atoms with Crippen molar-refractivity contribution in [1.29, 1.82) is 0 Å². The smallest absolute Gasteiger partial charge is 0.246 e. The number of thiophene rings is 1. The Balaban J connectivity index is 1.33. The number of aromatic nitrogens is 3. The summed E-state index contributed by atoms with van der Waals surface area (Å²) in [6, 6.07) is 6.90. The molecule has 3 aromatic heterocycles. The lowest BCUT2D eigenvalue weighted by atomic mass is 9.73. The third kappa shape index (κ3) is 5.09. The summed E-state index contributed by atoms with van der Waals surface area (Å²) in [5, 5.41) is 11.3. The molecule has 3 fully saturated rings. The topological polar surface area (TPSA) is 84.8 Å². The van der Waals surface area contributed by atoms with E-state index < -0.39 is 0 Å². The zero-order chi connectivity index (χ0) is 29.6. The number of methoxy groups -OCH3 is 1. The Kier molecular flexibility index (Phi) is 7.40. The van der Waals surface area contributed by atoms with Gasteiger partial charge in [0.15, 0.2) is 0 Å². The summed E-state index contributed by atoms with van der Waals surface area (Å²) >= 11 is 1.66. The number of nitrogens with zero attached hydrogens (tertiary/aromatic N) is 5. The average molecular weight is 603 g/mol. The van der Waals surface area contributed by atoms with E-state index in [2.05, 4.69) is 28.2 Å². The zero-order valence-corrected chi connectivity index (χ0v) is 25.0. The second-order valence-electron chi connectivity index (χ2n) is 11.7. The molecule has 0 radical (unpaired) electrons. The maximum atomic E-state index is 14.5. The van der Waals surface area contributed by atoms with Crippen molar-refractivity contribution in [1.82, 2.24) is 25.0 Å². The van der Waals surface area contributed by atoms with Crippen LogP contribution in [0, 0.1) is 11.2 Å². The molecule has 0 saturated carbocycles. The first-order chi connectivity index (χ1) is 21.0. The van der Waals surface area contributed by atoms with Crippen LogP contribution in [0.1, 0.15) is 18.9 Å². The molecule has 1 aromatic carbocycles. The van der Waals surface area contributed by atoms with E-state index in [0.29, 0.717) is 37.5 Å². The standard InChI is InChI=1S/C32H35FN6O3S/c1-3-27(40)38-17-23(18-38)39-16-21(15-35-39)29-28(24-5-4-22(33)14-26(24)42-12-11-41-2)30-25(6-13-43-30)31(36-29)37-9-7-32(8-10-37)19-34-20-32/h3-6,13-16,23,34H,1,7-12,17-20H2,2H3. The van der Waals surface area contributed by atoms with Gasteiger partial charge in [-0.3, -0.25) is 9.48 Å². The maximum Gasteiger partial charge on any atom is 0.246 e. The highest BCUT2D eigenvalue weighted by molar-refractivity contribution is 7.18. The molecular formula is C32H35FN6O3S. The molecule has 1 N–H and O–H groups in total. The van der Waals surface area contributed by atoms with Crippen LogP contribution in [0.4, 0.5) is 10.2 Å². The van der Waals surface area contributed by atoms with Gasteiger partial charge in [0.1, 0.15) is 24.0 Å². The number of piperidine rings is 1. The number of carbonyl (C=O) groups is 1. The fourth-order valence-corrected chi connectivity index (χ4v) is 7.33. The van der Waals surface area contributed by atoms with Crippen molar-refractivity contribution in [2.24, 2.45) is 5.41 Å². The van der Waals surface area contributed by atoms with E-state index in [-0.39, 0.29) is 17.8 Å². The minimum absolute atomic E-state index is 0.0707. The van der Waals surface area contributed by atoms with E-state index in [9.17, 15) is 9.18 Å². The number of hydrogen-bond donors (Lipinski definition) is 1. The van der Waals surface area contributed by atoms with Crippen LogP contribution in [0.25, 0.3) is 32.5 Å². The molecule has 11 heteroatoms. The van der Waals surface area contributed by atoms with E-state index in [1.807, 2.05) is 17.1 Å². The molecule has 43 heavy (non-hydrogen) atoms. The van der Waals surface area contributed by atoms with E-state index in [4.69, 9.17) is 19.6 Å². The number of ether oxygens (including phenoxy) is 2. The number of amides is 1. The third-order valence-electron chi connectivity index (χ3n) is 9.07. The fraction of sp³-hybridized carbons (Fsp3) is 0.406. The first-order valence-electron chi connectivity index (χ1n) is 14.7. The Morgan fingerprint density at radius 1 is 1.23 bits per heavy atom. The third-order valence-corrected chi connectivity index (χ3v) is 10.00. The SMILES string of the molecule is C=CC(=O)N1CC(n2cc(-c3nc(N4CCC5(CC4)CNC5)c4ccsc4c3-c3ccc(F)cc3OCCOC)cn2)C1. The molecule has 0 aliphatic carbocycles. The van der Waals surface area contributed by atoms with Crippen molar-refractivity contribution in [2.45, 2.75) is 18.9 Å². The summed E-state index contributed by atoms with van der Waals surface area (Å²) in [5.74, 6) is 0.984. The number of anilines is 1. The van der Waals surface area contributed by atoms with Crippen molar-refractivity contribution in [3.63, 3.8) is 0 Å². The Morgan fingerprint density at radius 3 is 2.77 bits per heavy atom. The predicted molar refractivity (Wildman–Crippen MR) is 166 cm³/mol. The summed E-state index contributed by atoms with van der Waals surface area (Å²) in [6.07, 6.45) is 7.47. The van der Waals surface area contributed by atoms with Crippen molar-refractivity contribution in [3.8, 4) is 28.1 Å². The predicted octanol–water partition coefficient (Wildman–Crippen LogP) is 4.75. The Hall–Kier alpha value is -3.80. The van der Waals surface area contributed by atoms with Gasteiger partial charge in [0.2, 0.25) is 5.91 Å². The van der Waals surface area contributed by atoms with Gasteiger partial charge in [0.25, 0.3) is 0 Å². The first-order valence-corrected chi connectivity index (χ1v) is 15.6. The number of halogens is 1. The minimum Gasteiger partial charge on any atom is -0.490 e. The molecule has 0 atom stereocenters. The van der Waals surface area contributed by atoms with Crippen LogP contribution < -0.4 is 15.0 Å². The number of benzene rings is 1. The number of hydrogen-bond acceptors (Lipinski definition) is 8. The number of rotatable bonds is 9. The fourth-order valence-electron chi connectivity index (χ4n) is 6.38. The first kappa shape index (κ1) is 28.0. The van der Waals surface area contributed by atoms with Crippen LogP contribution in [-0.4, -0.2) is 85.2 Å². The quantitative estimate of drug-likeness (QED) is 0.219. The van der Waals surface area contributed by atoms with E-state index in [0.717, 1.165) is 77.3 Å². The van der Waals surface area contributed by atoms with Crippen molar-refractivity contribution in [3.05, 3.63) is 60.5 Å². The maximum absolute atomic E-state index is 14.5. The highest BCUT2D eigenvalue weighted by Gasteiger charge is 2.40. The van der Waals surface area contributed by atoms with E-state index >= 15 is 0 Å². The van der Waals surface area contributed by atoms with Gasteiger partial charge in [-0.2, -0.15) is 5.10 Å². The van der Waals surface area contributed by atoms with Gasteiger partial charge in [-0.15, -0.1) is 11.3 Å². The summed E-state index contributed by atoms with van der Waals surface area (Å²) in [5.41, 5.74) is 3.73. The Morgan fingerprint density at radius 2 is 2.05 bits per heavy atom. The minimum atomic E-state index is -0.367. The van der Waals surface area contributed by atoms with Gasteiger partial charge in [0.05, 0.1) is 24.5 Å². The monoisotopic (exact) mass is 602 g/mol. The normalized spacial score (nSPS) is 18.1. The highest BCUT2D eigenvalue weighted by atomic mass is 32.1. The molecule has 0 bridgehead atoms. The van der Waals surface area contributed by atoms with Crippen LogP contribution in [-0.2, 0) is 9.53 Å². The molecule has 3 aliphatic rings. The lowest BCUT2D eigenvalue weighted by molar-refractivity contribution is -0.131. The number of likely N-dealkylation sites (tertiary alicyclic amines) is 1. The number of carbonyl (C=O) groups excluding carboxylic acids is 1. The van der Waals surface area contributed by atoms with Crippen molar-refractivity contribution < 1.29 is 18.7 Å². The second-order valence-corrected chi connectivity index (χ2v) is 12.6. The molecule has 6 heterocycles. The van der Waals surface area contributed by atoms with Crippen molar-refractivity contribution >= 4 is 33.1 Å². The van der Waals surface area contributed by atoms with Gasteiger partial charge in [-0.1, -0.05) is 6.58 Å². The highest BCUT2D eigenvalue weighted by Crippen LogP contribution is 2.47. The van der Waals surface area contributed by atoms with Gasteiger partial charge in [-0.05, 0) is 47.9 Å². The molecular weight excluding hydrogens is 567 g/mol. The van der Waals surface area contributed by atoms with Crippen LogP contribution >= 0.6 is 11.3 Å². The van der Waals surface area contributed by atoms with Crippen LogP contribution in [0.15, 0.2) is 54.7 Å². The van der Waals surface area contributed by atoms with Crippen LogP contribution in [0.2, 0.25) is 0 Å². The van der Waals surface area contributed by atoms with Gasteiger partial charge >= 0.3 is 0 Å². The molecule has 0 unspecified atom stereocenters. The van der Waals surface area contributed by atoms with Crippen molar-refractivity contribution in [2.75, 3.05) is 64.5 Å². The molecule has 4 aromatic rings. The van der Waals surface area contributed by atoms with Gasteiger partial charge < -0.3 is 24.6 Å². The molecule has 9 nitrogen and oxygen atoms in total. The lowest BCUT2D eigenvalue weighted by Gasteiger charge is -2.48. The lowest BCUT2D eigenvalue weighted by Crippen LogP contribution is -2.58.